The fraction of sp³-hybridized carbons (Fsp3) is 0.368. The first kappa shape index (κ1) is 21.5. The number of nitroso groups, excluding NO2 is 1. The van der Waals surface area contributed by atoms with Crippen LogP contribution in [0.25, 0.3) is 11.1 Å². The van der Waals surface area contributed by atoms with Crippen molar-refractivity contribution in [2.75, 3.05) is 6.54 Å². The Morgan fingerprint density at radius 3 is 2.39 bits per heavy atom. The number of benzene rings is 1. The maximum absolute atomic E-state index is 12.0. The number of nitrogens with one attached hydrogen (secondary N) is 1. The monoisotopic (exact) mass is 402 g/mol. The summed E-state index contributed by atoms with van der Waals surface area (Å²) in [4.78, 5) is 22.8. The van der Waals surface area contributed by atoms with Crippen LogP contribution in [0.15, 0.2) is 29.4 Å². The molecule has 1 aromatic carbocycles. The van der Waals surface area contributed by atoms with E-state index < -0.39 is 21.2 Å². The third kappa shape index (κ3) is 4.18. The van der Waals surface area contributed by atoms with Crippen LogP contribution in [0.4, 0.5) is 0 Å². The summed E-state index contributed by atoms with van der Waals surface area (Å²) in [7, 11) is -1.71. The fourth-order valence-corrected chi connectivity index (χ4v) is 3.58. The van der Waals surface area contributed by atoms with Crippen LogP contribution >= 0.6 is 0 Å². The van der Waals surface area contributed by atoms with Crippen LogP contribution in [-0.2, 0) is 23.5 Å². The molecule has 9 heteroatoms. The summed E-state index contributed by atoms with van der Waals surface area (Å²) in [6.07, 6.45) is 0.493. The molecule has 0 spiro atoms. The van der Waals surface area contributed by atoms with Crippen molar-refractivity contribution in [3.63, 3.8) is 0 Å². The summed E-state index contributed by atoms with van der Waals surface area (Å²) in [6.45, 7) is 5.18. The molecule has 2 rings (SSSR count). The molecule has 1 heterocycles. The van der Waals surface area contributed by atoms with E-state index in [1.54, 1.807) is 52.1 Å². The minimum atomic E-state index is -3.31. The van der Waals surface area contributed by atoms with E-state index in [9.17, 15) is 23.4 Å². The highest BCUT2D eigenvalue weighted by molar-refractivity contribution is 7.90. The maximum atomic E-state index is 12.0. The van der Waals surface area contributed by atoms with E-state index in [1.807, 2.05) is 0 Å². The number of aromatic nitrogens is 1. The lowest BCUT2D eigenvalue weighted by Gasteiger charge is -2.10. The minimum Gasteiger partial charge on any atom is -0.342 e. The number of carbonyl (C=O) groups is 1. The molecule has 0 aliphatic heterocycles. The van der Waals surface area contributed by atoms with Crippen LogP contribution < -0.4 is 4.72 Å². The molecular weight excluding hydrogens is 380 g/mol. The molecule has 1 aromatic heterocycles. The average Bonchev–Trinajstić information content (AvgIpc) is 2.92. The van der Waals surface area contributed by atoms with Gasteiger partial charge in [-0.05, 0) is 38.3 Å². The molecular formula is C19H22N4O4S. The summed E-state index contributed by atoms with van der Waals surface area (Å²) in [5, 5.41) is 11.5. The van der Waals surface area contributed by atoms with Gasteiger partial charge in [0.15, 0.2) is 0 Å². The van der Waals surface area contributed by atoms with Crippen LogP contribution in [-0.4, -0.2) is 30.7 Å². The van der Waals surface area contributed by atoms with Crippen molar-refractivity contribution >= 4 is 15.9 Å². The second-order valence-corrected chi connectivity index (χ2v) is 9.01. The Bertz CT molecular complexity index is 1050. The second kappa shape index (κ2) is 8.46. The van der Waals surface area contributed by atoms with E-state index in [4.69, 9.17) is 0 Å². The Morgan fingerprint density at radius 2 is 1.89 bits per heavy atom. The van der Waals surface area contributed by atoms with E-state index in [2.05, 4.69) is 16.0 Å². The molecule has 0 aliphatic carbocycles. The molecule has 0 saturated carbocycles. The topological polar surface area (TPSA) is 121 Å². The van der Waals surface area contributed by atoms with Gasteiger partial charge in [-0.1, -0.05) is 24.3 Å². The van der Waals surface area contributed by atoms with E-state index >= 15 is 0 Å². The van der Waals surface area contributed by atoms with Crippen LogP contribution in [0.5, 0.6) is 0 Å². The molecule has 0 atom stereocenters. The number of hydrogen-bond donors (Lipinski definition) is 1. The SMILES string of the molecule is Cc1c(C#N)c(-c2ccc(CCNS(=O)(=O)C(C)C)cc2)c(C(=O)N=O)n1C. The largest absolute Gasteiger partial charge is 0.342 e. The summed E-state index contributed by atoms with van der Waals surface area (Å²) < 4.78 is 27.6. The van der Waals surface area contributed by atoms with Crippen LogP contribution in [0.1, 0.15) is 41.2 Å². The highest BCUT2D eigenvalue weighted by Crippen LogP contribution is 2.32. The molecule has 8 nitrogen and oxygen atoms in total. The molecule has 0 aliphatic rings. The van der Waals surface area contributed by atoms with E-state index in [0.29, 0.717) is 28.8 Å². The highest BCUT2D eigenvalue weighted by Gasteiger charge is 2.25. The summed E-state index contributed by atoms with van der Waals surface area (Å²) in [5.74, 6) is -0.936. The van der Waals surface area contributed by atoms with E-state index in [0.717, 1.165) is 5.56 Å². The van der Waals surface area contributed by atoms with Gasteiger partial charge in [0, 0.05) is 30.0 Å². The van der Waals surface area contributed by atoms with Crippen LogP contribution in [0, 0.1) is 23.2 Å². The van der Waals surface area contributed by atoms with Gasteiger partial charge in [0.05, 0.1) is 10.8 Å². The Labute approximate surface area is 164 Å². The molecule has 0 saturated heterocycles. The van der Waals surface area contributed by atoms with Gasteiger partial charge in [0.25, 0.3) is 0 Å². The number of carbonyl (C=O) groups excluding carboxylic acids is 1. The van der Waals surface area contributed by atoms with Crippen molar-refractivity contribution in [1.82, 2.24) is 9.29 Å². The van der Waals surface area contributed by atoms with Crippen molar-refractivity contribution in [1.29, 1.82) is 5.26 Å². The Hall–Kier alpha value is -2.83. The number of rotatable bonds is 7. The van der Waals surface area contributed by atoms with E-state index in [-0.39, 0.29) is 12.2 Å². The van der Waals surface area contributed by atoms with Crippen molar-refractivity contribution in [3.8, 4) is 17.2 Å². The highest BCUT2D eigenvalue weighted by atomic mass is 32.2. The molecule has 148 valence electrons. The number of sulfonamides is 1. The van der Waals surface area contributed by atoms with Gasteiger partial charge in [-0.3, -0.25) is 4.79 Å². The Morgan fingerprint density at radius 1 is 1.29 bits per heavy atom. The third-order valence-electron chi connectivity index (χ3n) is 4.66. The van der Waals surface area contributed by atoms with E-state index in [1.165, 1.54) is 4.57 Å². The molecule has 1 amide bonds. The molecule has 0 fully saturated rings. The standard InChI is InChI=1S/C19H22N4O4S/c1-12(2)28(26,27)21-10-9-14-5-7-15(8-6-14)17-16(11-20)13(3)23(4)18(17)19(24)22-25/h5-8,12,21H,9-10H2,1-4H3. The van der Waals surface area contributed by atoms with Crippen LogP contribution in [0.2, 0.25) is 0 Å². The lowest BCUT2D eigenvalue weighted by Crippen LogP contribution is -2.32. The molecule has 0 unspecified atom stereocenters. The number of nitriles is 1. The second-order valence-electron chi connectivity index (χ2n) is 6.69. The molecule has 0 radical (unpaired) electrons. The van der Waals surface area contributed by atoms with Crippen molar-refractivity contribution < 1.29 is 13.2 Å². The first-order valence-corrected chi connectivity index (χ1v) is 10.2. The smallest absolute Gasteiger partial charge is 0.333 e. The van der Waals surface area contributed by atoms with Crippen molar-refractivity contribution in [3.05, 3.63) is 51.7 Å². The predicted molar refractivity (Wildman–Crippen MR) is 106 cm³/mol. The summed E-state index contributed by atoms with van der Waals surface area (Å²) >= 11 is 0. The van der Waals surface area contributed by atoms with Gasteiger partial charge in [-0.2, -0.15) is 5.26 Å². The number of amides is 1. The number of nitrogens with zero attached hydrogens (tertiary/aromatic N) is 3. The lowest BCUT2D eigenvalue weighted by molar-refractivity contribution is 0.0993. The normalized spacial score (nSPS) is 11.4. The molecule has 28 heavy (non-hydrogen) atoms. The van der Waals surface area contributed by atoms with Gasteiger partial charge in [0.2, 0.25) is 10.0 Å². The van der Waals surface area contributed by atoms with Crippen molar-refractivity contribution in [2.45, 2.75) is 32.4 Å². The first-order chi connectivity index (χ1) is 13.1. The zero-order chi connectivity index (χ0) is 21.1. The van der Waals surface area contributed by atoms with Crippen molar-refractivity contribution in [2.24, 2.45) is 12.2 Å². The molecule has 2 aromatic rings. The molecule has 1 N–H and O–H groups in total. The maximum Gasteiger partial charge on any atom is 0.333 e. The lowest BCUT2D eigenvalue weighted by atomic mass is 9.98. The van der Waals surface area contributed by atoms with Gasteiger partial charge in [-0.15, -0.1) is 4.91 Å². The van der Waals surface area contributed by atoms with Gasteiger partial charge in [-0.25, -0.2) is 13.1 Å². The van der Waals surface area contributed by atoms with Gasteiger partial charge >= 0.3 is 5.91 Å². The van der Waals surface area contributed by atoms with Gasteiger partial charge in [0.1, 0.15) is 11.8 Å². The average molecular weight is 402 g/mol. The summed E-state index contributed by atoms with van der Waals surface area (Å²) in [5.41, 5.74) is 2.82. The third-order valence-corrected chi connectivity index (χ3v) is 6.51. The predicted octanol–water partition coefficient (Wildman–Crippen LogP) is 2.65. The zero-order valence-electron chi connectivity index (χ0n) is 16.2. The first-order valence-electron chi connectivity index (χ1n) is 8.68. The number of hydrogen-bond acceptors (Lipinski definition) is 5. The summed E-state index contributed by atoms with van der Waals surface area (Å²) in [6, 6.07) is 9.16. The Balaban J connectivity index is 2.32. The zero-order valence-corrected chi connectivity index (χ0v) is 17.0. The quantitative estimate of drug-likeness (QED) is 0.714. The van der Waals surface area contributed by atoms with Crippen LogP contribution in [0.3, 0.4) is 0 Å². The van der Waals surface area contributed by atoms with Gasteiger partial charge < -0.3 is 4.57 Å². The minimum absolute atomic E-state index is 0.0708. The Kier molecular flexibility index (Phi) is 6.48. The molecule has 0 bridgehead atoms. The fourth-order valence-electron chi connectivity index (χ4n) is 2.86.